The van der Waals surface area contributed by atoms with Gasteiger partial charge >= 0.3 is 0 Å². The van der Waals surface area contributed by atoms with E-state index in [4.69, 9.17) is 4.74 Å². The maximum Gasteiger partial charge on any atom is 0.254 e. The lowest BCUT2D eigenvalue weighted by molar-refractivity contribution is -0.140. The average Bonchev–Trinajstić information content (AvgIpc) is 3.53. The highest BCUT2D eigenvalue weighted by Gasteiger charge is 2.67. The number of hydrazone groups is 1. The Balaban J connectivity index is 1.38. The number of ether oxygens (including phenoxy) is 1. The van der Waals surface area contributed by atoms with Crippen molar-refractivity contribution < 1.29 is 14.3 Å². The molecule has 5 heteroatoms. The molecule has 7 rings (SSSR count). The number of carbonyl (C=O) groups excluding carboxylic acids is 2. The number of allylic oxidation sites excluding steroid dienone is 2. The van der Waals surface area contributed by atoms with Gasteiger partial charge in [0.05, 0.1) is 24.7 Å². The van der Waals surface area contributed by atoms with Crippen LogP contribution in [-0.4, -0.2) is 29.6 Å². The van der Waals surface area contributed by atoms with Crippen LogP contribution in [0.2, 0.25) is 0 Å². The van der Waals surface area contributed by atoms with E-state index in [1.165, 1.54) is 0 Å². The molecule has 0 unspecified atom stereocenters. The Morgan fingerprint density at radius 2 is 1.72 bits per heavy atom. The first-order chi connectivity index (χ1) is 14.2. The summed E-state index contributed by atoms with van der Waals surface area (Å²) in [6.45, 7) is 2.46. The Morgan fingerprint density at radius 1 is 1.03 bits per heavy atom. The summed E-state index contributed by atoms with van der Waals surface area (Å²) in [5, 5.41) is 7.59. The third-order valence-electron chi connectivity index (χ3n) is 7.17. The third kappa shape index (κ3) is 2.30. The van der Waals surface area contributed by atoms with Gasteiger partial charge in [0.2, 0.25) is 0 Å². The molecule has 0 aromatic heterocycles. The van der Waals surface area contributed by atoms with Crippen molar-refractivity contribution in [1.29, 1.82) is 0 Å². The van der Waals surface area contributed by atoms with Crippen LogP contribution in [0.5, 0.6) is 5.75 Å². The second-order valence-corrected chi connectivity index (χ2v) is 8.52. The molecule has 5 nitrogen and oxygen atoms in total. The highest BCUT2D eigenvalue weighted by Crippen LogP contribution is 2.65. The molecular formula is C24H22N2O3. The number of hydrogen-bond donors (Lipinski definition) is 0. The van der Waals surface area contributed by atoms with Crippen molar-refractivity contribution >= 4 is 28.8 Å². The molecule has 2 aromatic rings. The first-order valence-corrected chi connectivity index (χ1v) is 10.4. The summed E-state index contributed by atoms with van der Waals surface area (Å²) < 4.78 is 5.78. The summed E-state index contributed by atoms with van der Waals surface area (Å²) in [5.74, 6) is 1.58. The van der Waals surface area contributed by atoms with E-state index in [0.29, 0.717) is 24.2 Å². The topological polar surface area (TPSA) is 59.0 Å². The summed E-state index contributed by atoms with van der Waals surface area (Å²) in [6, 6.07) is 11.9. The quantitative estimate of drug-likeness (QED) is 0.458. The molecule has 1 saturated heterocycles. The molecule has 146 valence electrons. The zero-order valence-electron chi connectivity index (χ0n) is 16.2. The van der Waals surface area contributed by atoms with Crippen molar-refractivity contribution in [3.05, 3.63) is 54.1 Å². The molecule has 4 aliphatic carbocycles. The van der Waals surface area contributed by atoms with Crippen molar-refractivity contribution in [3.63, 3.8) is 0 Å². The van der Waals surface area contributed by atoms with Crippen LogP contribution in [0.1, 0.15) is 18.9 Å². The Bertz CT molecular complexity index is 1070. The molecule has 3 fully saturated rings. The smallest absolute Gasteiger partial charge is 0.254 e. The highest BCUT2D eigenvalue weighted by molar-refractivity contribution is 6.08. The molecule has 2 bridgehead atoms. The fourth-order valence-corrected chi connectivity index (χ4v) is 5.86. The van der Waals surface area contributed by atoms with Crippen LogP contribution in [0, 0.1) is 35.5 Å². The Morgan fingerprint density at radius 3 is 2.41 bits per heavy atom. The van der Waals surface area contributed by atoms with Crippen LogP contribution < -0.4 is 4.74 Å². The van der Waals surface area contributed by atoms with Gasteiger partial charge in [0.25, 0.3) is 11.8 Å². The van der Waals surface area contributed by atoms with Crippen LogP contribution in [0.25, 0.3) is 10.8 Å². The van der Waals surface area contributed by atoms with E-state index in [1.54, 1.807) is 6.21 Å². The summed E-state index contributed by atoms with van der Waals surface area (Å²) in [4.78, 5) is 26.3. The van der Waals surface area contributed by atoms with Crippen LogP contribution in [0.4, 0.5) is 0 Å². The largest absolute Gasteiger partial charge is 0.493 e. The zero-order valence-corrected chi connectivity index (χ0v) is 16.2. The number of benzene rings is 2. The number of hydrogen-bond acceptors (Lipinski definition) is 4. The zero-order chi connectivity index (χ0) is 19.7. The number of imide groups is 1. The molecule has 29 heavy (non-hydrogen) atoms. The SMILES string of the molecule is CCOc1ccc2ccccc2c1/C=N\N1C(=O)[C@H]2[C@@H]3C=C[C@H]([C@@H]4C[C@H]34)[C@@H]2C1=O. The summed E-state index contributed by atoms with van der Waals surface area (Å²) in [7, 11) is 0. The van der Waals surface area contributed by atoms with E-state index >= 15 is 0 Å². The second-order valence-electron chi connectivity index (χ2n) is 8.52. The first-order valence-electron chi connectivity index (χ1n) is 10.4. The van der Waals surface area contributed by atoms with Gasteiger partial charge in [0, 0.05) is 5.56 Å². The highest BCUT2D eigenvalue weighted by atomic mass is 16.5. The molecule has 2 amide bonds. The predicted octanol–water partition coefficient (Wildman–Crippen LogP) is 3.63. The molecule has 5 aliphatic rings. The van der Waals surface area contributed by atoms with Crippen LogP contribution in [-0.2, 0) is 9.59 Å². The van der Waals surface area contributed by atoms with Crippen LogP contribution >= 0.6 is 0 Å². The van der Waals surface area contributed by atoms with Crippen molar-refractivity contribution in [2.75, 3.05) is 6.61 Å². The van der Waals surface area contributed by atoms with Gasteiger partial charge in [-0.1, -0.05) is 42.5 Å². The summed E-state index contributed by atoms with van der Waals surface area (Å²) in [5.41, 5.74) is 0.796. The van der Waals surface area contributed by atoms with E-state index in [0.717, 1.165) is 27.8 Å². The Kier molecular flexibility index (Phi) is 3.52. The Hall–Kier alpha value is -2.95. The van der Waals surface area contributed by atoms with Gasteiger partial charge in [-0.15, -0.1) is 0 Å². The van der Waals surface area contributed by atoms with Crippen molar-refractivity contribution in [1.82, 2.24) is 5.01 Å². The lowest BCUT2D eigenvalue weighted by Crippen LogP contribution is -2.40. The number of amides is 2. The fourth-order valence-electron chi connectivity index (χ4n) is 5.86. The van der Waals surface area contributed by atoms with Gasteiger partial charge in [-0.2, -0.15) is 10.1 Å². The predicted molar refractivity (Wildman–Crippen MR) is 109 cm³/mol. The molecule has 0 N–H and O–H groups in total. The maximum absolute atomic E-state index is 13.1. The van der Waals surface area contributed by atoms with Gasteiger partial charge in [-0.05, 0) is 53.9 Å². The van der Waals surface area contributed by atoms with E-state index in [2.05, 4.69) is 17.3 Å². The number of carbonyl (C=O) groups is 2. The van der Waals surface area contributed by atoms with Crippen LogP contribution in [0.3, 0.4) is 0 Å². The van der Waals surface area contributed by atoms with E-state index < -0.39 is 0 Å². The molecule has 2 aromatic carbocycles. The second kappa shape index (κ2) is 6.02. The first kappa shape index (κ1) is 17.0. The van der Waals surface area contributed by atoms with Gasteiger partial charge in [0.1, 0.15) is 5.75 Å². The van der Waals surface area contributed by atoms with Crippen molar-refractivity contribution in [2.45, 2.75) is 13.3 Å². The van der Waals surface area contributed by atoms with Gasteiger partial charge < -0.3 is 4.74 Å². The number of rotatable bonds is 4. The minimum absolute atomic E-state index is 0.140. The molecule has 6 atom stereocenters. The fraction of sp³-hybridized carbons (Fsp3) is 0.375. The standard InChI is InChI=1S/C24H22N2O3/c1-2-29-20-10-7-13-5-3-4-6-14(13)19(20)12-25-26-23(27)21-15-8-9-16(18-11-17(15)18)22(21)24(26)28/h3-10,12,15-18,21-22H,2,11H2,1H3/b25-12-/t15-,16-,17-,18+,21+,22+/m1/s1. The monoisotopic (exact) mass is 386 g/mol. The van der Waals surface area contributed by atoms with Gasteiger partial charge in [-0.25, -0.2) is 0 Å². The molecule has 1 heterocycles. The molecule has 0 radical (unpaired) electrons. The lowest BCUT2D eigenvalue weighted by Gasteiger charge is -2.37. The van der Waals surface area contributed by atoms with Crippen molar-refractivity contribution in [2.24, 2.45) is 40.6 Å². The van der Waals surface area contributed by atoms with Crippen molar-refractivity contribution in [3.8, 4) is 5.75 Å². The average molecular weight is 386 g/mol. The number of fused-ring (bicyclic) bond motifs is 1. The minimum atomic E-state index is -0.225. The summed E-state index contributed by atoms with van der Waals surface area (Å²) in [6.07, 6.45) is 7.13. The Labute approximate surface area is 169 Å². The lowest BCUT2D eigenvalue weighted by atomic mass is 9.63. The number of nitrogens with zero attached hydrogens (tertiary/aromatic N) is 2. The van der Waals surface area contributed by atoms with Gasteiger partial charge in [-0.3, -0.25) is 9.59 Å². The maximum atomic E-state index is 13.1. The van der Waals surface area contributed by atoms with Gasteiger partial charge in [0.15, 0.2) is 0 Å². The minimum Gasteiger partial charge on any atom is -0.493 e. The van der Waals surface area contributed by atoms with Crippen LogP contribution in [0.15, 0.2) is 53.7 Å². The molecule has 0 spiro atoms. The van der Waals surface area contributed by atoms with E-state index in [-0.39, 0.29) is 35.5 Å². The van der Waals surface area contributed by atoms with E-state index in [1.807, 2.05) is 43.3 Å². The normalized spacial score (nSPS) is 34.2. The molecular weight excluding hydrogens is 364 g/mol. The third-order valence-corrected chi connectivity index (χ3v) is 7.17. The van der Waals surface area contributed by atoms with E-state index in [9.17, 15) is 9.59 Å². The molecule has 2 saturated carbocycles. The molecule has 1 aliphatic heterocycles. The summed E-state index contributed by atoms with van der Waals surface area (Å²) >= 11 is 0.